The Balaban J connectivity index is 1.40. The Morgan fingerprint density at radius 3 is 2.85 bits per heavy atom. The van der Waals surface area contributed by atoms with Gasteiger partial charge in [-0.2, -0.15) is 0 Å². The molecule has 27 heavy (non-hydrogen) atoms. The maximum Gasteiger partial charge on any atom is 0.253 e. The first-order valence-electron chi connectivity index (χ1n) is 9.72. The van der Waals surface area contributed by atoms with Crippen LogP contribution < -0.4 is 0 Å². The molecule has 1 amide bonds. The van der Waals surface area contributed by atoms with E-state index < -0.39 is 0 Å². The number of nitrogens with one attached hydrogen (secondary N) is 1. The number of aromatic amines is 1. The highest BCUT2D eigenvalue weighted by Gasteiger charge is 2.24. The normalized spacial score (nSPS) is 17.0. The summed E-state index contributed by atoms with van der Waals surface area (Å²) in [4.78, 5) is 22.5. The Morgan fingerprint density at radius 1 is 1.15 bits per heavy atom. The van der Waals surface area contributed by atoms with Gasteiger partial charge in [0.15, 0.2) is 0 Å². The number of benzene rings is 2. The fourth-order valence-electron chi connectivity index (χ4n) is 3.91. The van der Waals surface area contributed by atoms with Crippen LogP contribution in [0.1, 0.15) is 35.2 Å². The number of imidazole rings is 1. The molecular weight excluding hydrogens is 334 g/mol. The van der Waals surface area contributed by atoms with Gasteiger partial charge in [-0.05, 0) is 49.3 Å². The quantitative estimate of drug-likeness (QED) is 0.726. The zero-order valence-corrected chi connectivity index (χ0v) is 15.5. The molecule has 0 bridgehead atoms. The largest absolute Gasteiger partial charge is 0.345 e. The van der Waals surface area contributed by atoms with Crippen molar-refractivity contribution in [1.29, 1.82) is 0 Å². The average Bonchev–Trinajstić information content (AvgIpc) is 3.28. The molecule has 0 radical (unpaired) electrons. The van der Waals surface area contributed by atoms with E-state index in [4.69, 9.17) is 0 Å². The molecule has 0 spiro atoms. The molecule has 4 rings (SSSR count). The van der Waals surface area contributed by atoms with Crippen molar-refractivity contribution in [2.75, 3.05) is 13.1 Å². The molecule has 1 aliphatic heterocycles. The van der Waals surface area contributed by atoms with Crippen molar-refractivity contribution in [2.24, 2.45) is 5.92 Å². The number of carbonyl (C=O) groups is 1. The second-order valence-electron chi connectivity index (χ2n) is 7.30. The number of aryl methyl sites for hydroxylation is 1. The number of rotatable bonds is 5. The summed E-state index contributed by atoms with van der Waals surface area (Å²) >= 11 is 0. The van der Waals surface area contributed by atoms with E-state index in [1.807, 2.05) is 29.2 Å². The van der Waals surface area contributed by atoms with Crippen LogP contribution in [0.4, 0.5) is 0 Å². The first-order valence-corrected chi connectivity index (χ1v) is 9.72. The van der Waals surface area contributed by atoms with Gasteiger partial charge < -0.3 is 9.88 Å². The topological polar surface area (TPSA) is 49.0 Å². The predicted molar refractivity (Wildman–Crippen MR) is 107 cm³/mol. The minimum atomic E-state index is 0.132. The number of aromatic nitrogens is 2. The average molecular weight is 359 g/mol. The molecule has 1 aliphatic rings. The van der Waals surface area contributed by atoms with Gasteiger partial charge in [-0.15, -0.1) is 0 Å². The van der Waals surface area contributed by atoms with E-state index in [0.29, 0.717) is 5.92 Å². The van der Waals surface area contributed by atoms with Crippen LogP contribution in [0.2, 0.25) is 0 Å². The molecule has 4 heteroatoms. The van der Waals surface area contributed by atoms with Crippen molar-refractivity contribution < 1.29 is 4.79 Å². The van der Waals surface area contributed by atoms with Crippen molar-refractivity contribution in [3.05, 3.63) is 78.1 Å². The molecular formula is C23H25N3O. The van der Waals surface area contributed by atoms with Crippen molar-refractivity contribution >= 4 is 5.91 Å². The molecule has 1 N–H and O–H groups in total. The van der Waals surface area contributed by atoms with Crippen LogP contribution in [0.15, 0.2) is 67.0 Å². The number of hydrogen-bond donors (Lipinski definition) is 1. The smallest absolute Gasteiger partial charge is 0.253 e. The Labute approximate surface area is 160 Å². The Morgan fingerprint density at radius 2 is 2.04 bits per heavy atom. The summed E-state index contributed by atoms with van der Waals surface area (Å²) in [5, 5.41) is 0. The maximum atomic E-state index is 13.0. The van der Waals surface area contributed by atoms with E-state index >= 15 is 0 Å². The molecule has 1 fully saturated rings. The van der Waals surface area contributed by atoms with E-state index in [1.165, 1.54) is 12.0 Å². The molecule has 2 heterocycles. The summed E-state index contributed by atoms with van der Waals surface area (Å²) < 4.78 is 0. The van der Waals surface area contributed by atoms with Gasteiger partial charge in [0.2, 0.25) is 0 Å². The number of carbonyl (C=O) groups excluding carboxylic acids is 1. The van der Waals surface area contributed by atoms with Gasteiger partial charge in [0.1, 0.15) is 5.82 Å². The van der Waals surface area contributed by atoms with Gasteiger partial charge in [0.25, 0.3) is 5.91 Å². The molecule has 1 saturated heterocycles. The molecule has 4 nitrogen and oxygen atoms in total. The lowest BCUT2D eigenvalue weighted by Gasteiger charge is -2.33. The third-order valence-electron chi connectivity index (χ3n) is 5.37. The lowest BCUT2D eigenvalue weighted by atomic mass is 9.91. The van der Waals surface area contributed by atoms with Crippen molar-refractivity contribution in [2.45, 2.75) is 25.7 Å². The Kier molecular flexibility index (Phi) is 5.33. The number of nitrogens with zero attached hydrogens (tertiary/aromatic N) is 2. The number of likely N-dealkylation sites (tertiary alicyclic amines) is 1. The summed E-state index contributed by atoms with van der Waals surface area (Å²) in [5.74, 6) is 1.51. The van der Waals surface area contributed by atoms with E-state index in [0.717, 1.165) is 49.3 Å². The maximum absolute atomic E-state index is 13.0. The van der Waals surface area contributed by atoms with Crippen molar-refractivity contribution in [1.82, 2.24) is 14.9 Å². The van der Waals surface area contributed by atoms with Crippen molar-refractivity contribution in [3.8, 4) is 11.4 Å². The third-order valence-corrected chi connectivity index (χ3v) is 5.37. The van der Waals surface area contributed by atoms with Crippen LogP contribution in [0.25, 0.3) is 11.4 Å². The molecule has 0 aliphatic carbocycles. The second kappa shape index (κ2) is 8.21. The fourth-order valence-corrected chi connectivity index (χ4v) is 3.91. The Bertz CT molecular complexity index is 874. The monoisotopic (exact) mass is 359 g/mol. The number of amides is 1. The van der Waals surface area contributed by atoms with Gasteiger partial charge in [0, 0.05) is 36.6 Å². The molecule has 1 aromatic heterocycles. The highest BCUT2D eigenvalue weighted by Crippen LogP contribution is 2.24. The van der Waals surface area contributed by atoms with E-state index in [-0.39, 0.29) is 5.91 Å². The van der Waals surface area contributed by atoms with E-state index in [1.54, 1.807) is 12.4 Å². The zero-order chi connectivity index (χ0) is 18.5. The highest BCUT2D eigenvalue weighted by molar-refractivity contribution is 5.95. The summed E-state index contributed by atoms with van der Waals surface area (Å²) in [7, 11) is 0. The van der Waals surface area contributed by atoms with Gasteiger partial charge in [-0.25, -0.2) is 4.98 Å². The minimum absolute atomic E-state index is 0.132. The zero-order valence-electron chi connectivity index (χ0n) is 15.5. The van der Waals surface area contributed by atoms with Crippen LogP contribution in [0.3, 0.4) is 0 Å². The van der Waals surface area contributed by atoms with Gasteiger partial charge in [-0.3, -0.25) is 4.79 Å². The molecule has 2 aromatic carbocycles. The van der Waals surface area contributed by atoms with Gasteiger partial charge in [0.05, 0.1) is 0 Å². The highest BCUT2D eigenvalue weighted by atomic mass is 16.2. The van der Waals surface area contributed by atoms with Gasteiger partial charge in [-0.1, -0.05) is 42.5 Å². The summed E-state index contributed by atoms with van der Waals surface area (Å²) in [6.07, 6.45) is 8.05. The number of H-pyrrole nitrogens is 1. The Hall–Kier alpha value is -2.88. The van der Waals surface area contributed by atoms with Crippen LogP contribution in [0.5, 0.6) is 0 Å². The van der Waals surface area contributed by atoms with E-state index in [2.05, 4.69) is 40.3 Å². The molecule has 3 aromatic rings. The second-order valence-corrected chi connectivity index (χ2v) is 7.30. The molecule has 0 saturated carbocycles. The lowest BCUT2D eigenvalue weighted by molar-refractivity contribution is 0.0668. The van der Waals surface area contributed by atoms with Crippen LogP contribution in [0, 0.1) is 5.92 Å². The predicted octanol–water partition coefficient (Wildman–Crippen LogP) is 4.56. The fraction of sp³-hybridized carbons (Fsp3) is 0.304. The SMILES string of the molecule is O=C(c1cccc(-c2ncc[nH]2)c1)N1CCC[C@H](CCc2ccccc2)C1. The first-order chi connectivity index (χ1) is 13.3. The summed E-state index contributed by atoms with van der Waals surface area (Å²) in [6.45, 7) is 1.71. The standard InChI is InChI=1S/C23H25N3O/c27-23(21-10-4-9-20(16-21)22-24-13-14-25-22)26-15-5-8-19(17-26)12-11-18-6-2-1-3-7-18/h1-4,6-7,9-10,13-14,16,19H,5,8,11-12,15,17H2,(H,24,25)/t19-/m1/s1. The number of piperidine rings is 1. The minimum Gasteiger partial charge on any atom is -0.345 e. The molecule has 0 unspecified atom stereocenters. The van der Waals surface area contributed by atoms with E-state index in [9.17, 15) is 4.79 Å². The summed E-state index contributed by atoms with van der Waals surface area (Å²) in [5.41, 5.74) is 3.07. The van der Waals surface area contributed by atoms with Crippen LogP contribution >= 0.6 is 0 Å². The number of hydrogen-bond acceptors (Lipinski definition) is 2. The first kappa shape index (κ1) is 17.5. The summed E-state index contributed by atoms with van der Waals surface area (Å²) in [6, 6.07) is 18.4. The lowest BCUT2D eigenvalue weighted by Crippen LogP contribution is -2.40. The van der Waals surface area contributed by atoms with Crippen LogP contribution in [-0.2, 0) is 6.42 Å². The van der Waals surface area contributed by atoms with Gasteiger partial charge >= 0.3 is 0 Å². The molecule has 138 valence electrons. The van der Waals surface area contributed by atoms with Crippen molar-refractivity contribution in [3.63, 3.8) is 0 Å². The molecule has 1 atom stereocenters. The van der Waals surface area contributed by atoms with Crippen LogP contribution in [-0.4, -0.2) is 33.9 Å². The third kappa shape index (κ3) is 4.27.